The van der Waals surface area contributed by atoms with E-state index in [0.29, 0.717) is 31.7 Å². The summed E-state index contributed by atoms with van der Waals surface area (Å²) in [5, 5.41) is 0. The monoisotopic (exact) mass is 369 g/mol. The van der Waals surface area contributed by atoms with Gasteiger partial charge in [0, 0.05) is 32.0 Å². The predicted molar refractivity (Wildman–Crippen MR) is 86.2 cm³/mol. The number of aryl methyl sites for hydroxylation is 1. The zero-order valence-electron chi connectivity index (χ0n) is 14.3. The van der Waals surface area contributed by atoms with Gasteiger partial charge in [0.05, 0.1) is 19.5 Å². The molecule has 0 N–H and O–H groups in total. The number of hydrogen-bond acceptors (Lipinski definition) is 7. The van der Waals surface area contributed by atoms with E-state index in [9.17, 15) is 13.2 Å². The van der Waals surface area contributed by atoms with Crippen LogP contribution in [0.2, 0.25) is 0 Å². The Bertz CT molecular complexity index is 747. The molecule has 2 aromatic heterocycles. The van der Waals surface area contributed by atoms with E-state index in [0.717, 1.165) is 6.07 Å². The fourth-order valence-corrected chi connectivity index (χ4v) is 2.68. The highest BCUT2D eigenvalue weighted by molar-refractivity contribution is 5.41. The van der Waals surface area contributed by atoms with E-state index in [-0.39, 0.29) is 23.8 Å². The maximum absolute atomic E-state index is 12.9. The van der Waals surface area contributed by atoms with Crippen LogP contribution in [0.4, 0.5) is 19.0 Å². The molecular formula is C16H18F3N5O2. The standard InChI is InChI=1S/C16H18F3N5O2/c1-10-22-13(16(17,18)19)7-14(23-10)24-5-3-11(4-6-24)26-15-20-8-12(25-2)9-21-15/h7-9,11H,3-6H2,1-2H3. The summed E-state index contributed by atoms with van der Waals surface area (Å²) in [6, 6.07) is 1.24. The maximum atomic E-state index is 12.9. The van der Waals surface area contributed by atoms with Gasteiger partial charge in [0.15, 0.2) is 5.75 Å². The summed E-state index contributed by atoms with van der Waals surface area (Å²) in [5.74, 6) is 0.913. The highest BCUT2D eigenvalue weighted by Crippen LogP contribution is 2.30. The van der Waals surface area contributed by atoms with Gasteiger partial charge in [-0.1, -0.05) is 0 Å². The van der Waals surface area contributed by atoms with Gasteiger partial charge < -0.3 is 14.4 Å². The van der Waals surface area contributed by atoms with Gasteiger partial charge in [0.25, 0.3) is 0 Å². The van der Waals surface area contributed by atoms with Crippen molar-refractivity contribution < 1.29 is 22.6 Å². The first kappa shape index (κ1) is 18.2. The van der Waals surface area contributed by atoms with Crippen LogP contribution in [0, 0.1) is 6.92 Å². The van der Waals surface area contributed by atoms with E-state index in [2.05, 4.69) is 19.9 Å². The minimum absolute atomic E-state index is 0.0971. The number of aromatic nitrogens is 4. The largest absolute Gasteiger partial charge is 0.494 e. The molecule has 0 aromatic carbocycles. The molecule has 1 fully saturated rings. The molecule has 0 bridgehead atoms. The van der Waals surface area contributed by atoms with Gasteiger partial charge in [0.2, 0.25) is 0 Å². The Labute approximate surface area is 148 Å². The second-order valence-electron chi connectivity index (χ2n) is 5.87. The van der Waals surface area contributed by atoms with Crippen LogP contribution in [0.5, 0.6) is 11.8 Å². The minimum Gasteiger partial charge on any atom is -0.494 e. The van der Waals surface area contributed by atoms with Crippen molar-refractivity contribution in [3.8, 4) is 11.8 Å². The first-order valence-electron chi connectivity index (χ1n) is 8.05. The first-order chi connectivity index (χ1) is 12.3. The van der Waals surface area contributed by atoms with Crippen LogP contribution >= 0.6 is 0 Å². The molecule has 0 unspecified atom stereocenters. The lowest BCUT2D eigenvalue weighted by Crippen LogP contribution is -2.39. The molecule has 0 atom stereocenters. The van der Waals surface area contributed by atoms with Crippen molar-refractivity contribution in [2.24, 2.45) is 0 Å². The molecule has 1 saturated heterocycles. The van der Waals surface area contributed by atoms with Gasteiger partial charge >= 0.3 is 12.2 Å². The van der Waals surface area contributed by atoms with Crippen molar-refractivity contribution in [3.05, 3.63) is 30.0 Å². The summed E-state index contributed by atoms with van der Waals surface area (Å²) in [6.45, 7) is 2.50. The maximum Gasteiger partial charge on any atom is 0.433 e. The number of halogens is 3. The lowest BCUT2D eigenvalue weighted by Gasteiger charge is -2.32. The summed E-state index contributed by atoms with van der Waals surface area (Å²) in [6.07, 6.45) is -0.320. The molecule has 10 heteroatoms. The van der Waals surface area contributed by atoms with Crippen LogP contribution in [0.15, 0.2) is 18.5 Å². The molecule has 3 rings (SSSR count). The van der Waals surface area contributed by atoms with E-state index >= 15 is 0 Å². The summed E-state index contributed by atoms with van der Waals surface area (Å²) in [7, 11) is 1.52. The molecule has 7 nitrogen and oxygen atoms in total. The Morgan fingerprint density at radius 3 is 2.35 bits per heavy atom. The predicted octanol–water partition coefficient (Wildman–Crippen LogP) is 2.65. The SMILES string of the molecule is COc1cnc(OC2CCN(c3cc(C(F)(F)F)nc(C)n3)CC2)nc1. The van der Waals surface area contributed by atoms with Crippen molar-refractivity contribution in [2.45, 2.75) is 32.0 Å². The lowest BCUT2D eigenvalue weighted by molar-refractivity contribution is -0.141. The number of rotatable bonds is 4. The third-order valence-electron chi connectivity index (χ3n) is 3.99. The quantitative estimate of drug-likeness (QED) is 0.820. The molecule has 1 aliphatic rings. The van der Waals surface area contributed by atoms with Crippen LogP contribution in [0.25, 0.3) is 0 Å². The second-order valence-corrected chi connectivity index (χ2v) is 5.87. The van der Waals surface area contributed by atoms with Gasteiger partial charge in [-0.2, -0.15) is 23.1 Å². The molecule has 0 spiro atoms. The molecular weight excluding hydrogens is 351 g/mol. The fraction of sp³-hybridized carbons (Fsp3) is 0.500. The lowest BCUT2D eigenvalue weighted by atomic mass is 10.1. The molecule has 2 aromatic rings. The van der Waals surface area contributed by atoms with Crippen molar-refractivity contribution in [1.82, 2.24) is 19.9 Å². The van der Waals surface area contributed by atoms with Gasteiger partial charge in [-0.3, -0.25) is 0 Å². The molecule has 26 heavy (non-hydrogen) atoms. The Morgan fingerprint density at radius 2 is 1.77 bits per heavy atom. The molecule has 140 valence electrons. The summed E-state index contributed by atoms with van der Waals surface area (Å²) in [4.78, 5) is 17.5. The average molecular weight is 369 g/mol. The van der Waals surface area contributed by atoms with Crippen LogP contribution in [-0.4, -0.2) is 46.2 Å². The van der Waals surface area contributed by atoms with Gasteiger partial charge in [0.1, 0.15) is 23.4 Å². The third-order valence-corrected chi connectivity index (χ3v) is 3.99. The number of alkyl halides is 3. The molecule has 1 aliphatic heterocycles. The number of piperidine rings is 1. The third kappa shape index (κ3) is 4.30. The van der Waals surface area contributed by atoms with Gasteiger partial charge in [-0.25, -0.2) is 9.97 Å². The Morgan fingerprint density at radius 1 is 1.12 bits per heavy atom. The van der Waals surface area contributed by atoms with Crippen LogP contribution in [-0.2, 0) is 6.18 Å². The van der Waals surface area contributed by atoms with Gasteiger partial charge in [-0.05, 0) is 6.92 Å². The Balaban J connectivity index is 1.62. The van der Waals surface area contributed by atoms with E-state index < -0.39 is 11.9 Å². The molecule has 0 amide bonds. The Kier molecular flexibility index (Phi) is 5.10. The van der Waals surface area contributed by atoms with Crippen molar-refractivity contribution in [2.75, 3.05) is 25.1 Å². The topological polar surface area (TPSA) is 73.3 Å². The number of anilines is 1. The summed E-state index contributed by atoms with van der Waals surface area (Å²) >= 11 is 0. The fourth-order valence-electron chi connectivity index (χ4n) is 2.68. The Hall–Kier alpha value is -2.65. The van der Waals surface area contributed by atoms with E-state index in [1.54, 1.807) is 4.90 Å². The first-order valence-corrected chi connectivity index (χ1v) is 8.05. The van der Waals surface area contributed by atoms with Crippen molar-refractivity contribution in [3.63, 3.8) is 0 Å². The van der Waals surface area contributed by atoms with Crippen molar-refractivity contribution in [1.29, 1.82) is 0 Å². The van der Waals surface area contributed by atoms with E-state index in [4.69, 9.17) is 9.47 Å². The van der Waals surface area contributed by atoms with Crippen LogP contribution < -0.4 is 14.4 Å². The molecule has 0 radical (unpaired) electrons. The minimum atomic E-state index is -4.49. The summed E-state index contributed by atoms with van der Waals surface area (Å²) in [5.41, 5.74) is -0.926. The normalized spacial score (nSPS) is 15.8. The highest BCUT2D eigenvalue weighted by atomic mass is 19.4. The van der Waals surface area contributed by atoms with E-state index in [1.165, 1.54) is 26.4 Å². The number of hydrogen-bond donors (Lipinski definition) is 0. The van der Waals surface area contributed by atoms with Crippen LogP contribution in [0.3, 0.4) is 0 Å². The van der Waals surface area contributed by atoms with Crippen LogP contribution in [0.1, 0.15) is 24.4 Å². The zero-order valence-corrected chi connectivity index (χ0v) is 14.3. The van der Waals surface area contributed by atoms with Gasteiger partial charge in [-0.15, -0.1) is 0 Å². The number of ether oxygens (including phenoxy) is 2. The summed E-state index contributed by atoms with van der Waals surface area (Å²) < 4.78 is 49.5. The van der Waals surface area contributed by atoms with Crippen molar-refractivity contribution >= 4 is 5.82 Å². The molecule has 3 heterocycles. The molecule has 0 saturated carbocycles. The number of methoxy groups -OCH3 is 1. The highest BCUT2D eigenvalue weighted by Gasteiger charge is 2.34. The number of nitrogens with zero attached hydrogens (tertiary/aromatic N) is 5. The average Bonchev–Trinajstić information content (AvgIpc) is 2.62. The second kappa shape index (κ2) is 7.30. The van der Waals surface area contributed by atoms with E-state index in [1.807, 2.05) is 0 Å². The zero-order chi connectivity index (χ0) is 18.7. The smallest absolute Gasteiger partial charge is 0.433 e. The molecule has 0 aliphatic carbocycles.